The number of aromatic nitrogens is 1. The van der Waals surface area contributed by atoms with E-state index >= 15 is 0 Å². The number of hydrogen-bond donors (Lipinski definition) is 2. The lowest BCUT2D eigenvalue weighted by Crippen LogP contribution is -2.34. The van der Waals surface area contributed by atoms with E-state index in [-0.39, 0.29) is 17.0 Å². The van der Waals surface area contributed by atoms with Crippen molar-refractivity contribution in [1.82, 2.24) is 10.3 Å². The van der Waals surface area contributed by atoms with Crippen molar-refractivity contribution in [2.45, 2.75) is 17.0 Å². The Labute approximate surface area is 107 Å². The van der Waals surface area contributed by atoms with Gasteiger partial charge in [0.1, 0.15) is 10.7 Å². The van der Waals surface area contributed by atoms with Crippen molar-refractivity contribution in [2.75, 3.05) is 31.8 Å². The number of hydrogen-bond acceptors (Lipinski definition) is 6. The molecule has 0 radical (unpaired) electrons. The number of nitrogens with one attached hydrogen (secondary N) is 2. The zero-order chi connectivity index (χ0) is 13.2. The maximum Gasteiger partial charge on any atom is 0.179 e. The number of nitrogens with zero attached hydrogens (tertiary/aromatic N) is 1. The van der Waals surface area contributed by atoms with Gasteiger partial charge in [-0.05, 0) is 12.1 Å². The third-order valence-electron chi connectivity index (χ3n) is 2.95. The molecule has 0 saturated carbocycles. The fourth-order valence-corrected chi connectivity index (χ4v) is 2.81. The fraction of sp³-hybridized carbons (Fsp3) is 0.545. The smallest absolute Gasteiger partial charge is 0.179 e. The Hall–Kier alpha value is -1.18. The van der Waals surface area contributed by atoms with Gasteiger partial charge in [-0.25, -0.2) is 13.4 Å². The van der Waals surface area contributed by atoms with Crippen LogP contribution in [0.25, 0.3) is 0 Å². The summed E-state index contributed by atoms with van der Waals surface area (Å²) >= 11 is 0. The van der Waals surface area contributed by atoms with E-state index in [0.717, 1.165) is 13.1 Å². The van der Waals surface area contributed by atoms with E-state index in [0.29, 0.717) is 5.82 Å². The quantitative estimate of drug-likeness (QED) is 0.795. The highest BCUT2D eigenvalue weighted by Gasteiger charge is 2.28. The van der Waals surface area contributed by atoms with E-state index in [1.54, 1.807) is 25.4 Å². The van der Waals surface area contributed by atoms with Gasteiger partial charge in [-0.3, -0.25) is 0 Å². The lowest BCUT2D eigenvalue weighted by molar-refractivity contribution is 0.111. The van der Waals surface area contributed by atoms with Gasteiger partial charge in [-0.2, -0.15) is 0 Å². The number of pyridine rings is 1. The summed E-state index contributed by atoms with van der Waals surface area (Å²) < 4.78 is 28.6. The number of ether oxygens (including phenoxy) is 1. The average molecular weight is 271 g/mol. The maximum absolute atomic E-state index is 11.7. The molecule has 0 amide bonds. The zero-order valence-corrected chi connectivity index (χ0v) is 11.2. The summed E-state index contributed by atoms with van der Waals surface area (Å²) in [5.74, 6) is 0.385. The summed E-state index contributed by atoms with van der Waals surface area (Å²) in [6, 6.07) is 3.18. The molecule has 2 rings (SSSR count). The Balaban J connectivity index is 2.24. The van der Waals surface area contributed by atoms with Gasteiger partial charge < -0.3 is 15.4 Å². The molecule has 2 N–H and O–H groups in total. The van der Waals surface area contributed by atoms with Crippen molar-refractivity contribution in [2.24, 2.45) is 0 Å². The second kappa shape index (κ2) is 5.21. The van der Waals surface area contributed by atoms with Crippen LogP contribution in [0.1, 0.15) is 0 Å². The van der Waals surface area contributed by atoms with Gasteiger partial charge >= 0.3 is 0 Å². The van der Waals surface area contributed by atoms with Crippen molar-refractivity contribution in [3.63, 3.8) is 0 Å². The molecule has 2 heterocycles. The zero-order valence-electron chi connectivity index (χ0n) is 10.4. The third kappa shape index (κ3) is 2.80. The van der Waals surface area contributed by atoms with Crippen LogP contribution in [0.2, 0.25) is 0 Å². The van der Waals surface area contributed by atoms with Gasteiger partial charge in [0.2, 0.25) is 0 Å². The maximum atomic E-state index is 11.7. The topological polar surface area (TPSA) is 80.3 Å². The largest absolute Gasteiger partial charge is 0.378 e. The minimum Gasteiger partial charge on any atom is -0.378 e. The van der Waals surface area contributed by atoms with E-state index in [1.807, 2.05) is 0 Å². The van der Waals surface area contributed by atoms with Crippen LogP contribution < -0.4 is 10.6 Å². The Bertz CT molecular complexity index is 518. The highest BCUT2D eigenvalue weighted by Crippen LogP contribution is 2.20. The first-order valence-corrected chi connectivity index (χ1v) is 7.56. The molecular formula is C11H17N3O3S. The summed E-state index contributed by atoms with van der Waals surface area (Å²) in [4.78, 5) is 4.32. The van der Waals surface area contributed by atoms with Gasteiger partial charge in [0.25, 0.3) is 0 Å². The molecule has 1 unspecified atom stereocenters. The van der Waals surface area contributed by atoms with Crippen molar-refractivity contribution in [1.29, 1.82) is 0 Å². The van der Waals surface area contributed by atoms with Gasteiger partial charge in [0, 0.05) is 32.7 Å². The standard InChI is InChI=1S/C11H17N3O3S/c1-17-9-7-12-6-8(9)14-11-10(18(2,15)16)4-3-5-13-11/h3-5,8-9,12H,6-7H2,1-2H3,(H,13,14)/t8?,9-/m0/s1. The summed E-state index contributed by atoms with van der Waals surface area (Å²) in [7, 11) is -1.64. The first-order valence-electron chi connectivity index (χ1n) is 5.67. The van der Waals surface area contributed by atoms with E-state index in [4.69, 9.17) is 4.74 Å². The predicted octanol–water partition coefficient (Wildman–Crippen LogP) is -0.116. The molecule has 0 bridgehead atoms. The van der Waals surface area contributed by atoms with E-state index in [1.165, 1.54) is 6.26 Å². The number of methoxy groups -OCH3 is 1. The SMILES string of the molecule is CO[C@H]1CNCC1Nc1ncccc1S(C)(=O)=O. The van der Waals surface area contributed by atoms with E-state index in [2.05, 4.69) is 15.6 Å². The van der Waals surface area contributed by atoms with Crippen LogP contribution in [-0.2, 0) is 14.6 Å². The van der Waals surface area contributed by atoms with Crippen LogP contribution in [0.3, 0.4) is 0 Å². The second-order valence-electron chi connectivity index (χ2n) is 4.31. The molecule has 1 aliphatic rings. The minimum absolute atomic E-state index is 0.0133. The highest BCUT2D eigenvalue weighted by atomic mass is 32.2. The number of sulfone groups is 1. The molecule has 1 aliphatic heterocycles. The van der Waals surface area contributed by atoms with Gasteiger partial charge in [0.05, 0.1) is 12.1 Å². The molecule has 18 heavy (non-hydrogen) atoms. The van der Waals surface area contributed by atoms with Crippen LogP contribution in [0, 0.1) is 0 Å². The van der Waals surface area contributed by atoms with Gasteiger partial charge in [-0.15, -0.1) is 0 Å². The first kappa shape index (κ1) is 13.3. The summed E-state index contributed by atoms with van der Waals surface area (Å²) in [6.45, 7) is 1.47. The molecule has 0 aliphatic carbocycles. The molecule has 1 saturated heterocycles. The fourth-order valence-electron chi connectivity index (χ4n) is 2.02. The average Bonchev–Trinajstić information content (AvgIpc) is 2.75. The van der Waals surface area contributed by atoms with Crippen LogP contribution in [0.5, 0.6) is 0 Å². The normalized spacial score (nSPS) is 24.1. The van der Waals surface area contributed by atoms with Crippen molar-refractivity contribution < 1.29 is 13.2 Å². The Morgan fingerprint density at radius 1 is 1.50 bits per heavy atom. The van der Waals surface area contributed by atoms with Gasteiger partial charge in [-0.1, -0.05) is 0 Å². The molecule has 0 spiro atoms. The molecule has 7 heteroatoms. The van der Waals surface area contributed by atoms with Crippen LogP contribution >= 0.6 is 0 Å². The highest BCUT2D eigenvalue weighted by molar-refractivity contribution is 7.90. The van der Waals surface area contributed by atoms with Crippen LogP contribution in [0.4, 0.5) is 5.82 Å². The second-order valence-corrected chi connectivity index (χ2v) is 6.29. The monoisotopic (exact) mass is 271 g/mol. The lowest BCUT2D eigenvalue weighted by Gasteiger charge is -2.20. The van der Waals surface area contributed by atoms with Crippen molar-refractivity contribution in [3.05, 3.63) is 18.3 Å². The summed E-state index contributed by atoms with van der Waals surface area (Å²) in [6.07, 6.45) is 2.76. The lowest BCUT2D eigenvalue weighted by atomic mass is 10.2. The first-order chi connectivity index (χ1) is 8.52. The van der Waals surface area contributed by atoms with Crippen LogP contribution in [-0.4, -0.2) is 52.0 Å². The molecule has 100 valence electrons. The molecule has 1 aromatic rings. The Morgan fingerprint density at radius 3 is 2.94 bits per heavy atom. The third-order valence-corrected chi connectivity index (χ3v) is 4.08. The molecule has 1 aromatic heterocycles. The molecule has 1 fully saturated rings. The molecular weight excluding hydrogens is 254 g/mol. The molecule has 6 nitrogen and oxygen atoms in total. The Morgan fingerprint density at radius 2 is 2.28 bits per heavy atom. The summed E-state index contributed by atoms with van der Waals surface area (Å²) in [5.41, 5.74) is 0. The Kier molecular flexibility index (Phi) is 3.84. The van der Waals surface area contributed by atoms with Crippen molar-refractivity contribution in [3.8, 4) is 0 Å². The minimum atomic E-state index is -3.29. The van der Waals surface area contributed by atoms with Crippen LogP contribution in [0.15, 0.2) is 23.2 Å². The number of anilines is 1. The number of rotatable bonds is 4. The van der Waals surface area contributed by atoms with E-state index in [9.17, 15) is 8.42 Å². The van der Waals surface area contributed by atoms with Gasteiger partial charge in [0.15, 0.2) is 9.84 Å². The summed E-state index contributed by atoms with van der Waals surface area (Å²) in [5, 5.41) is 6.33. The molecule has 0 aromatic carbocycles. The van der Waals surface area contributed by atoms with E-state index < -0.39 is 9.84 Å². The predicted molar refractivity (Wildman–Crippen MR) is 68.4 cm³/mol. The molecule has 2 atom stereocenters. The van der Waals surface area contributed by atoms with Crippen molar-refractivity contribution >= 4 is 15.7 Å².